The minimum absolute atomic E-state index is 0.225. The summed E-state index contributed by atoms with van der Waals surface area (Å²) >= 11 is 0. The van der Waals surface area contributed by atoms with Gasteiger partial charge in [0.2, 0.25) is 10.0 Å². The van der Waals surface area contributed by atoms with Gasteiger partial charge in [0.25, 0.3) is 0 Å². The first kappa shape index (κ1) is 20.4. The maximum Gasteiger partial charge on any atom is 0.243 e. The molecule has 150 valence electrons. The highest BCUT2D eigenvalue weighted by Crippen LogP contribution is 2.30. The van der Waals surface area contributed by atoms with Crippen LogP contribution in [-0.2, 0) is 10.0 Å². The molecule has 7 heteroatoms. The Morgan fingerprint density at radius 1 is 0.929 bits per heavy atom. The quantitative estimate of drug-likeness (QED) is 0.713. The van der Waals surface area contributed by atoms with Gasteiger partial charge in [-0.1, -0.05) is 42.5 Å². The van der Waals surface area contributed by atoms with E-state index in [9.17, 15) is 8.42 Å². The molecule has 0 atom stereocenters. The molecule has 1 aliphatic rings. The maximum absolute atomic E-state index is 13.0. The second-order valence-corrected chi connectivity index (χ2v) is 8.47. The SMILES string of the molecule is COc1ccc(S(=O)(=O)N2CCN(C/C=C/c3ccccc3)CC2)cc1OC. The van der Waals surface area contributed by atoms with Crippen LogP contribution in [0.15, 0.2) is 59.5 Å². The van der Waals surface area contributed by atoms with Gasteiger partial charge in [-0.2, -0.15) is 4.31 Å². The van der Waals surface area contributed by atoms with Gasteiger partial charge in [0.1, 0.15) is 0 Å². The molecule has 0 radical (unpaired) electrons. The molecule has 2 aromatic rings. The lowest BCUT2D eigenvalue weighted by molar-refractivity contribution is 0.204. The van der Waals surface area contributed by atoms with E-state index in [1.807, 2.05) is 18.2 Å². The molecular weight excluding hydrogens is 376 g/mol. The first-order valence-corrected chi connectivity index (χ1v) is 10.6. The molecule has 3 rings (SSSR count). The normalized spacial score (nSPS) is 16.4. The number of benzene rings is 2. The lowest BCUT2D eigenvalue weighted by Gasteiger charge is -2.33. The number of hydrogen-bond donors (Lipinski definition) is 0. The molecular formula is C21H26N2O4S. The van der Waals surface area contributed by atoms with Crippen molar-refractivity contribution < 1.29 is 17.9 Å². The minimum atomic E-state index is -3.55. The summed E-state index contributed by atoms with van der Waals surface area (Å²) in [4.78, 5) is 2.47. The van der Waals surface area contributed by atoms with Gasteiger partial charge < -0.3 is 9.47 Å². The second kappa shape index (κ2) is 9.23. The summed E-state index contributed by atoms with van der Waals surface area (Å²) in [7, 11) is -0.532. The molecule has 0 N–H and O–H groups in total. The summed E-state index contributed by atoms with van der Waals surface area (Å²) in [6.07, 6.45) is 4.21. The molecule has 0 aromatic heterocycles. The monoisotopic (exact) mass is 402 g/mol. The molecule has 0 amide bonds. The molecule has 1 fully saturated rings. The van der Waals surface area contributed by atoms with Crippen LogP contribution in [0.3, 0.4) is 0 Å². The van der Waals surface area contributed by atoms with Crippen LogP contribution in [0.25, 0.3) is 6.08 Å². The molecule has 28 heavy (non-hydrogen) atoms. The zero-order valence-electron chi connectivity index (χ0n) is 16.2. The lowest BCUT2D eigenvalue weighted by atomic mass is 10.2. The molecule has 0 saturated carbocycles. The maximum atomic E-state index is 13.0. The van der Waals surface area contributed by atoms with Crippen LogP contribution in [0, 0.1) is 0 Å². The fraction of sp³-hybridized carbons (Fsp3) is 0.333. The predicted octanol–water partition coefficient (Wildman–Crippen LogP) is 2.72. The molecule has 2 aromatic carbocycles. The molecule has 0 unspecified atom stereocenters. The van der Waals surface area contributed by atoms with Crippen molar-refractivity contribution in [2.75, 3.05) is 46.9 Å². The van der Waals surface area contributed by atoms with Gasteiger partial charge in [-0.25, -0.2) is 8.42 Å². The second-order valence-electron chi connectivity index (χ2n) is 6.53. The summed E-state index contributed by atoms with van der Waals surface area (Å²) in [6.45, 7) is 3.14. The van der Waals surface area contributed by atoms with Crippen LogP contribution in [0.5, 0.6) is 11.5 Å². The van der Waals surface area contributed by atoms with Gasteiger partial charge in [0.05, 0.1) is 19.1 Å². The minimum Gasteiger partial charge on any atom is -0.493 e. The van der Waals surface area contributed by atoms with Gasteiger partial charge in [0.15, 0.2) is 11.5 Å². The highest BCUT2D eigenvalue weighted by molar-refractivity contribution is 7.89. The van der Waals surface area contributed by atoms with Crippen molar-refractivity contribution in [1.82, 2.24) is 9.21 Å². The third-order valence-corrected chi connectivity index (χ3v) is 6.69. The van der Waals surface area contributed by atoms with E-state index in [0.717, 1.165) is 12.1 Å². The average Bonchev–Trinajstić information content (AvgIpc) is 2.74. The Morgan fingerprint density at radius 2 is 1.61 bits per heavy atom. The molecule has 1 heterocycles. The van der Waals surface area contributed by atoms with E-state index < -0.39 is 10.0 Å². The number of methoxy groups -OCH3 is 2. The molecule has 6 nitrogen and oxygen atoms in total. The molecule has 0 spiro atoms. The van der Waals surface area contributed by atoms with Crippen LogP contribution in [0.1, 0.15) is 5.56 Å². The first-order chi connectivity index (χ1) is 13.5. The average molecular weight is 403 g/mol. The highest BCUT2D eigenvalue weighted by Gasteiger charge is 2.28. The van der Waals surface area contributed by atoms with Crippen LogP contribution >= 0.6 is 0 Å². The van der Waals surface area contributed by atoms with Crippen molar-refractivity contribution in [3.8, 4) is 11.5 Å². The molecule has 0 aliphatic carbocycles. The Bertz CT molecular complexity index is 905. The smallest absolute Gasteiger partial charge is 0.243 e. The van der Waals surface area contributed by atoms with E-state index in [2.05, 4.69) is 29.2 Å². The van der Waals surface area contributed by atoms with Crippen LogP contribution in [0.4, 0.5) is 0 Å². The summed E-state index contributed by atoms with van der Waals surface area (Å²) in [5, 5.41) is 0. The lowest BCUT2D eigenvalue weighted by Crippen LogP contribution is -2.48. The Kier molecular flexibility index (Phi) is 6.72. The third-order valence-electron chi connectivity index (χ3n) is 4.80. The van der Waals surface area contributed by atoms with Crippen LogP contribution < -0.4 is 9.47 Å². The van der Waals surface area contributed by atoms with Crippen molar-refractivity contribution >= 4 is 16.1 Å². The summed E-state index contributed by atoms with van der Waals surface area (Å²) in [6, 6.07) is 14.8. The Labute approximate surface area is 167 Å². The number of sulfonamides is 1. The highest BCUT2D eigenvalue weighted by atomic mass is 32.2. The topological polar surface area (TPSA) is 59.1 Å². The number of rotatable bonds is 7. The molecule has 0 bridgehead atoms. The largest absolute Gasteiger partial charge is 0.493 e. The fourth-order valence-corrected chi connectivity index (χ4v) is 4.62. The third kappa shape index (κ3) is 4.73. The van der Waals surface area contributed by atoms with Crippen molar-refractivity contribution in [1.29, 1.82) is 0 Å². The summed E-state index contributed by atoms with van der Waals surface area (Å²) < 4.78 is 37.9. The zero-order valence-corrected chi connectivity index (χ0v) is 17.1. The van der Waals surface area contributed by atoms with Gasteiger partial charge in [-0.3, -0.25) is 4.90 Å². The van der Waals surface area contributed by atoms with Crippen molar-refractivity contribution in [2.24, 2.45) is 0 Å². The van der Waals surface area contributed by atoms with Crippen molar-refractivity contribution in [2.45, 2.75) is 4.90 Å². The number of hydrogen-bond acceptors (Lipinski definition) is 5. The van der Waals surface area contributed by atoms with E-state index in [-0.39, 0.29) is 4.90 Å². The fourth-order valence-electron chi connectivity index (χ4n) is 3.18. The summed E-state index contributed by atoms with van der Waals surface area (Å²) in [5.41, 5.74) is 1.16. The number of piperazine rings is 1. The van der Waals surface area contributed by atoms with Crippen LogP contribution in [0.2, 0.25) is 0 Å². The summed E-state index contributed by atoms with van der Waals surface area (Å²) in [5.74, 6) is 0.921. The van der Waals surface area contributed by atoms with Crippen molar-refractivity contribution in [3.63, 3.8) is 0 Å². The number of nitrogens with zero attached hydrogens (tertiary/aromatic N) is 2. The molecule has 1 aliphatic heterocycles. The van der Waals surface area contributed by atoms with Gasteiger partial charge in [-0.05, 0) is 17.7 Å². The van der Waals surface area contributed by atoms with Crippen molar-refractivity contribution in [3.05, 3.63) is 60.2 Å². The van der Waals surface area contributed by atoms with Gasteiger partial charge in [-0.15, -0.1) is 0 Å². The predicted molar refractivity (Wildman–Crippen MR) is 110 cm³/mol. The van der Waals surface area contributed by atoms with Gasteiger partial charge >= 0.3 is 0 Å². The standard InChI is InChI=1S/C21H26N2O4S/c1-26-20-11-10-19(17-21(20)27-2)28(24,25)23-15-13-22(14-16-23)12-6-9-18-7-4-3-5-8-18/h3-11,17H,12-16H2,1-2H3/b9-6+. The van der Waals surface area contributed by atoms with E-state index in [0.29, 0.717) is 37.7 Å². The van der Waals surface area contributed by atoms with E-state index >= 15 is 0 Å². The van der Waals surface area contributed by atoms with E-state index in [1.165, 1.54) is 24.6 Å². The van der Waals surface area contributed by atoms with E-state index in [4.69, 9.17) is 9.47 Å². The van der Waals surface area contributed by atoms with Gasteiger partial charge in [0, 0.05) is 38.8 Å². The molecule has 1 saturated heterocycles. The Balaban J connectivity index is 1.60. The van der Waals surface area contributed by atoms with E-state index in [1.54, 1.807) is 12.1 Å². The van der Waals surface area contributed by atoms with Crippen LogP contribution in [-0.4, -0.2) is 64.6 Å². The Morgan fingerprint density at radius 3 is 2.25 bits per heavy atom. The first-order valence-electron chi connectivity index (χ1n) is 9.20. The Hall–Kier alpha value is -2.35. The zero-order chi connectivity index (χ0) is 20.0. The number of ether oxygens (including phenoxy) is 2.